The van der Waals surface area contributed by atoms with Gasteiger partial charge in [0, 0.05) is 48.9 Å². The molecule has 3 aromatic rings. The Balaban J connectivity index is 1.50. The van der Waals surface area contributed by atoms with Crippen LogP contribution < -0.4 is 20.7 Å². The summed E-state index contributed by atoms with van der Waals surface area (Å²) in [6, 6.07) is 9.20. The monoisotopic (exact) mass is 452 g/mol. The van der Waals surface area contributed by atoms with Gasteiger partial charge >= 0.3 is 0 Å². The molecule has 1 amide bonds. The van der Waals surface area contributed by atoms with Crippen molar-refractivity contribution in [1.29, 1.82) is 0 Å². The van der Waals surface area contributed by atoms with Gasteiger partial charge in [0.15, 0.2) is 5.13 Å². The molecule has 1 aliphatic rings. The Morgan fingerprint density at radius 1 is 1.19 bits per heavy atom. The molecular weight excluding hydrogens is 424 g/mol. The second-order valence-corrected chi connectivity index (χ2v) is 8.96. The summed E-state index contributed by atoms with van der Waals surface area (Å²) in [4.78, 5) is 25.6. The number of likely N-dealkylation sites (N-methyl/N-ethyl adjacent to an activating group) is 1. The molecule has 0 radical (unpaired) electrons. The standard InChI is InChI=1S/C23H28N6O2S/c1-15(2)31-20-6-4-16(22(24)30)12-18(20)26-23-27-19(14-32-23)17-5-7-21(25-13-17)29-10-8-28(3)9-11-29/h4-7,12-15H,8-11H2,1-3H3,(H2,24,30)(H,26,27). The van der Waals surface area contributed by atoms with Crippen molar-refractivity contribution in [2.75, 3.05) is 43.4 Å². The minimum absolute atomic E-state index is 0.00766. The van der Waals surface area contributed by atoms with E-state index in [9.17, 15) is 4.79 Å². The Bertz CT molecular complexity index is 1070. The molecule has 32 heavy (non-hydrogen) atoms. The first-order chi connectivity index (χ1) is 15.4. The van der Waals surface area contributed by atoms with E-state index in [1.54, 1.807) is 18.2 Å². The molecule has 168 valence electrons. The lowest BCUT2D eigenvalue weighted by atomic mass is 10.1. The van der Waals surface area contributed by atoms with Gasteiger partial charge in [-0.3, -0.25) is 4.79 Å². The van der Waals surface area contributed by atoms with Crippen molar-refractivity contribution in [3.05, 3.63) is 47.5 Å². The molecule has 0 saturated carbocycles. The van der Waals surface area contributed by atoms with Gasteiger partial charge in [-0.2, -0.15) is 0 Å². The number of carbonyl (C=O) groups excluding carboxylic acids is 1. The van der Waals surface area contributed by atoms with Crippen LogP contribution in [0.1, 0.15) is 24.2 Å². The van der Waals surface area contributed by atoms with Gasteiger partial charge in [0.25, 0.3) is 0 Å². The average Bonchev–Trinajstić information content (AvgIpc) is 3.24. The quantitative estimate of drug-likeness (QED) is 0.565. The molecule has 1 fully saturated rings. The highest BCUT2D eigenvalue weighted by Crippen LogP contribution is 2.33. The summed E-state index contributed by atoms with van der Waals surface area (Å²) < 4.78 is 5.87. The summed E-state index contributed by atoms with van der Waals surface area (Å²) in [5, 5.41) is 5.95. The van der Waals surface area contributed by atoms with E-state index >= 15 is 0 Å². The Morgan fingerprint density at radius 3 is 2.62 bits per heavy atom. The van der Waals surface area contributed by atoms with Crippen LogP contribution >= 0.6 is 11.3 Å². The number of nitrogens with one attached hydrogen (secondary N) is 1. The van der Waals surface area contributed by atoms with Crippen LogP contribution in [0, 0.1) is 0 Å². The zero-order chi connectivity index (χ0) is 22.7. The number of piperazine rings is 1. The van der Waals surface area contributed by atoms with Gasteiger partial charge in [0.1, 0.15) is 11.6 Å². The second kappa shape index (κ2) is 9.54. The highest BCUT2D eigenvalue weighted by Gasteiger charge is 2.16. The van der Waals surface area contributed by atoms with Crippen LogP contribution in [0.2, 0.25) is 0 Å². The molecule has 3 N–H and O–H groups in total. The van der Waals surface area contributed by atoms with E-state index in [0.717, 1.165) is 43.3 Å². The van der Waals surface area contributed by atoms with E-state index in [-0.39, 0.29) is 6.10 Å². The van der Waals surface area contributed by atoms with Crippen LogP contribution in [0.15, 0.2) is 41.9 Å². The van der Waals surface area contributed by atoms with Gasteiger partial charge in [0.05, 0.1) is 17.5 Å². The van der Waals surface area contributed by atoms with E-state index in [1.165, 1.54) is 11.3 Å². The van der Waals surface area contributed by atoms with E-state index in [0.29, 0.717) is 22.1 Å². The van der Waals surface area contributed by atoms with Gasteiger partial charge in [0.2, 0.25) is 5.91 Å². The van der Waals surface area contributed by atoms with Crippen LogP contribution in [-0.2, 0) is 0 Å². The molecule has 2 aromatic heterocycles. The van der Waals surface area contributed by atoms with Crippen molar-refractivity contribution in [2.24, 2.45) is 5.73 Å². The SMILES string of the molecule is CC(C)Oc1ccc(C(N)=O)cc1Nc1nc(-c2ccc(N3CCN(C)CC3)nc2)cs1. The summed E-state index contributed by atoms with van der Waals surface area (Å²) in [6.45, 7) is 7.96. The van der Waals surface area contributed by atoms with Crippen LogP contribution in [0.5, 0.6) is 5.75 Å². The lowest BCUT2D eigenvalue weighted by molar-refractivity contribution is 0.100. The highest BCUT2D eigenvalue weighted by atomic mass is 32.1. The normalized spacial score (nSPS) is 14.6. The lowest BCUT2D eigenvalue weighted by Gasteiger charge is -2.33. The maximum Gasteiger partial charge on any atom is 0.248 e. The van der Waals surface area contributed by atoms with Crippen LogP contribution in [0.4, 0.5) is 16.6 Å². The number of hydrogen-bond acceptors (Lipinski definition) is 8. The van der Waals surface area contributed by atoms with Gasteiger partial charge < -0.3 is 25.6 Å². The first kappa shape index (κ1) is 22.0. The summed E-state index contributed by atoms with van der Waals surface area (Å²) in [7, 11) is 2.14. The highest BCUT2D eigenvalue weighted by molar-refractivity contribution is 7.14. The zero-order valence-corrected chi connectivity index (χ0v) is 19.4. The minimum atomic E-state index is -0.490. The van der Waals surface area contributed by atoms with Crippen LogP contribution in [0.3, 0.4) is 0 Å². The predicted molar refractivity (Wildman–Crippen MR) is 129 cm³/mol. The third-order valence-electron chi connectivity index (χ3n) is 5.24. The minimum Gasteiger partial charge on any atom is -0.489 e. The molecular formula is C23H28N6O2S. The van der Waals surface area contributed by atoms with E-state index in [2.05, 4.69) is 39.3 Å². The summed E-state index contributed by atoms with van der Waals surface area (Å²) in [5.74, 6) is 1.14. The van der Waals surface area contributed by atoms with Gasteiger partial charge in [-0.15, -0.1) is 11.3 Å². The number of rotatable bonds is 7. The number of pyridine rings is 1. The predicted octanol–water partition coefficient (Wildman–Crippen LogP) is 3.59. The number of aromatic nitrogens is 2. The molecule has 1 aromatic carbocycles. The third-order valence-corrected chi connectivity index (χ3v) is 6.00. The number of primary amides is 1. The fourth-order valence-electron chi connectivity index (χ4n) is 3.48. The number of ether oxygens (including phenoxy) is 1. The summed E-state index contributed by atoms with van der Waals surface area (Å²) >= 11 is 1.48. The van der Waals surface area contributed by atoms with Gasteiger partial charge in [-0.05, 0) is 51.2 Å². The fourth-order valence-corrected chi connectivity index (χ4v) is 4.21. The first-order valence-corrected chi connectivity index (χ1v) is 11.5. The number of hydrogen-bond donors (Lipinski definition) is 2. The average molecular weight is 453 g/mol. The fraction of sp³-hybridized carbons (Fsp3) is 0.348. The number of benzene rings is 1. The number of nitrogens with two attached hydrogens (primary N) is 1. The number of anilines is 3. The second-order valence-electron chi connectivity index (χ2n) is 8.10. The Labute approximate surface area is 192 Å². The summed E-state index contributed by atoms with van der Waals surface area (Å²) in [6.07, 6.45) is 1.86. The molecule has 1 aliphatic heterocycles. The molecule has 0 atom stereocenters. The maximum absolute atomic E-state index is 11.6. The van der Waals surface area contributed by atoms with Crippen molar-refractivity contribution in [3.8, 4) is 17.0 Å². The van der Waals surface area contributed by atoms with Crippen molar-refractivity contribution >= 4 is 33.9 Å². The lowest BCUT2D eigenvalue weighted by Crippen LogP contribution is -2.44. The number of amides is 1. The maximum atomic E-state index is 11.6. The van der Waals surface area contributed by atoms with Crippen molar-refractivity contribution in [1.82, 2.24) is 14.9 Å². The molecule has 0 bridgehead atoms. The molecule has 0 aliphatic carbocycles. The van der Waals surface area contributed by atoms with E-state index in [1.807, 2.05) is 25.4 Å². The number of nitrogens with zero attached hydrogens (tertiary/aromatic N) is 4. The van der Waals surface area contributed by atoms with Gasteiger partial charge in [-0.1, -0.05) is 0 Å². The Hall–Kier alpha value is -3.17. The number of carbonyl (C=O) groups is 1. The van der Waals surface area contributed by atoms with Crippen LogP contribution in [-0.4, -0.2) is 60.1 Å². The topological polar surface area (TPSA) is 96.6 Å². The molecule has 9 heteroatoms. The van der Waals surface area contributed by atoms with E-state index in [4.69, 9.17) is 15.5 Å². The first-order valence-electron chi connectivity index (χ1n) is 10.6. The Kier molecular flexibility index (Phi) is 6.57. The van der Waals surface area contributed by atoms with Crippen LogP contribution in [0.25, 0.3) is 11.3 Å². The largest absolute Gasteiger partial charge is 0.489 e. The Morgan fingerprint density at radius 2 is 1.97 bits per heavy atom. The third kappa shape index (κ3) is 5.17. The molecule has 3 heterocycles. The molecule has 0 unspecified atom stereocenters. The van der Waals surface area contributed by atoms with Crippen molar-refractivity contribution in [2.45, 2.75) is 20.0 Å². The zero-order valence-electron chi connectivity index (χ0n) is 18.5. The van der Waals surface area contributed by atoms with E-state index < -0.39 is 5.91 Å². The smallest absolute Gasteiger partial charge is 0.248 e. The molecule has 8 nitrogen and oxygen atoms in total. The molecule has 0 spiro atoms. The molecule has 1 saturated heterocycles. The summed E-state index contributed by atoms with van der Waals surface area (Å²) in [5.41, 5.74) is 8.30. The van der Waals surface area contributed by atoms with Crippen molar-refractivity contribution in [3.63, 3.8) is 0 Å². The van der Waals surface area contributed by atoms with Gasteiger partial charge in [-0.25, -0.2) is 9.97 Å². The van der Waals surface area contributed by atoms with Crippen molar-refractivity contribution < 1.29 is 9.53 Å². The molecule has 4 rings (SSSR count). The number of thiazole rings is 1.